The number of nitrogens with two attached hydrogens (primary N) is 1. The first kappa shape index (κ1) is 16.0. The summed E-state index contributed by atoms with van der Waals surface area (Å²) < 4.78 is 27.6. The lowest BCUT2D eigenvalue weighted by molar-refractivity contribution is 0.585. The SMILES string of the molecule is CCc1cc(CS(=O)(=O)c2ccc(Br)cc2N)n(CC)n1. The van der Waals surface area contributed by atoms with Gasteiger partial charge in [0, 0.05) is 11.0 Å². The summed E-state index contributed by atoms with van der Waals surface area (Å²) in [7, 11) is -3.49. The molecule has 2 aromatic rings. The molecule has 1 heterocycles. The first-order valence-electron chi connectivity index (χ1n) is 6.70. The van der Waals surface area contributed by atoms with Gasteiger partial charge in [-0.3, -0.25) is 4.68 Å². The van der Waals surface area contributed by atoms with Crippen LogP contribution in [0, 0.1) is 0 Å². The fraction of sp³-hybridized carbons (Fsp3) is 0.357. The lowest BCUT2D eigenvalue weighted by atomic mass is 10.3. The molecule has 21 heavy (non-hydrogen) atoms. The molecule has 0 aliphatic rings. The lowest BCUT2D eigenvalue weighted by Crippen LogP contribution is -2.12. The summed E-state index contributed by atoms with van der Waals surface area (Å²) in [6.07, 6.45) is 0.778. The molecule has 5 nitrogen and oxygen atoms in total. The number of aryl methyl sites for hydroxylation is 2. The second-order valence-electron chi connectivity index (χ2n) is 4.74. The fourth-order valence-electron chi connectivity index (χ4n) is 2.15. The number of nitrogen functional groups attached to an aromatic ring is 1. The Balaban J connectivity index is 2.39. The van der Waals surface area contributed by atoms with Crippen LogP contribution < -0.4 is 5.73 Å². The Kier molecular flexibility index (Phi) is 4.73. The molecular formula is C14H18BrN3O2S. The van der Waals surface area contributed by atoms with Crippen LogP contribution in [-0.4, -0.2) is 18.2 Å². The number of benzene rings is 1. The number of sulfone groups is 1. The lowest BCUT2D eigenvalue weighted by Gasteiger charge is -2.09. The molecule has 0 unspecified atom stereocenters. The van der Waals surface area contributed by atoms with Gasteiger partial charge in [0.05, 0.1) is 27.7 Å². The van der Waals surface area contributed by atoms with Gasteiger partial charge in [0.1, 0.15) is 0 Å². The van der Waals surface area contributed by atoms with Crippen LogP contribution in [0.1, 0.15) is 25.2 Å². The number of rotatable bonds is 5. The van der Waals surface area contributed by atoms with Crippen molar-refractivity contribution in [1.82, 2.24) is 9.78 Å². The van der Waals surface area contributed by atoms with Crippen LogP contribution in [0.5, 0.6) is 0 Å². The second-order valence-corrected chi connectivity index (χ2v) is 7.61. The maximum atomic E-state index is 12.6. The molecule has 1 aromatic carbocycles. The van der Waals surface area contributed by atoms with Crippen LogP contribution in [0.15, 0.2) is 33.6 Å². The molecule has 2 N–H and O–H groups in total. The molecule has 0 aliphatic heterocycles. The third-order valence-electron chi connectivity index (χ3n) is 3.22. The van der Waals surface area contributed by atoms with Crippen molar-refractivity contribution in [1.29, 1.82) is 0 Å². The average Bonchev–Trinajstić information content (AvgIpc) is 2.79. The van der Waals surface area contributed by atoms with Gasteiger partial charge in [-0.1, -0.05) is 22.9 Å². The predicted molar refractivity (Wildman–Crippen MR) is 86.7 cm³/mol. The second kappa shape index (κ2) is 6.19. The largest absolute Gasteiger partial charge is 0.398 e. The predicted octanol–water partition coefficient (Wildman–Crippen LogP) is 2.78. The molecule has 0 radical (unpaired) electrons. The number of anilines is 1. The van der Waals surface area contributed by atoms with Crippen LogP contribution in [-0.2, 0) is 28.6 Å². The van der Waals surface area contributed by atoms with Crippen LogP contribution in [0.25, 0.3) is 0 Å². The Morgan fingerprint density at radius 3 is 2.57 bits per heavy atom. The van der Waals surface area contributed by atoms with Gasteiger partial charge in [0.2, 0.25) is 0 Å². The fourth-order valence-corrected chi connectivity index (χ4v) is 4.00. The van der Waals surface area contributed by atoms with Crippen LogP contribution in [0.4, 0.5) is 5.69 Å². The molecule has 1 aromatic heterocycles. The van der Waals surface area contributed by atoms with Crippen molar-refractivity contribution in [2.75, 3.05) is 5.73 Å². The molecule has 0 amide bonds. The summed E-state index contributed by atoms with van der Waals surface area (Å²) >= 11 is 3.28. The number of halogens is 1. The zero-order valence-corrected chi connectivity index (χ0v) is 14.4. The van der Waals surface area contributed by atoms with Crippen molar-refractivity contribution < 1.29 is 8.42 Å². The van der Waals surface area contributed by atoms with E-state index in [9.17, 15) is 8.42 Å². The van der Waals surface area contributed by atoms with Crippen molar-refractivity contribution >= 4 is 31.5 Å². The first-order valence-corrected chi connectivity index (χ1v) is 9.15. The van der Waals surface area contributed by atoms with E-state index in [1.165, 1.54) is 6.07 Å². The summed E-state index contributed by atoms with van der Waals surface area (Å²) in [6, 6.07) is 6.65. The van der Waals surface area contributed by atoms with Gasteiger partial charge in [-0.15, -0.1) is 0 Å². The van der Waals surface area contributed by atoms with E-state index in [1.54, 1.807) is 16.8 Å². The molecule has 114 valence electrons. The Hall–Kier alpha value is -1.34. The summed E-state index contributed by atoms with van der Waals surface area (Å²) in [5.41, 5.74) is 7.67. The zero-order chi connectivity index (χ0) is 15.6. The zero-order valence-electron chi connectivity index (χ0n) is 12.0. The van der Waals surface area contributed by atoms with Gasteiger partial charge in [-0.2, -0.15) is 5.10 Å². The van der Waals surface area contributed by atoms with Crippen molar-refractivity contribution in [2.45, 2.75) is 37.5 Å². The van der Waals surface area contributed by atoms with Gasteiger partial charge < -0.3 is 5.73 Å². The number of hydrogen-bond acceptors (Lipinski definition) is 4. The van der Waals surface area contributed by atoms with E-state index in [0.717, 1.165) is 16.6 Å². The van der Waals surface area contributed by atoms with E-state index < -0.39 is 9.84 Å². The highest BCUT2D eigenvalue weighted by atomic mass is 79.9. The summed E-state index contributed by atoms with van der Waals surface area (Å²) in [5, 5.41) is 4.38. The molecule has 0 atom stereocenters. The van der Waals surface area contributed by atoms with Gasteiger partial charge in [-0.25, -0.2) is 8.42 Å². The summed E-state index contributed by atoms with van der Waals surface area (Å²) in [4.78, 5) is 0.160. The van der Waals surface area contributed by atoms with Crippen molar-refractivity contribution in [3.63, 3.8) is 0 Å². The number of hydrogen-bond donors (Lipinski definition) is 1. The maximum Gasteiger partial charge on any atom is 0.186 e. The van der Waals surface area contributed by atoms with Crippen LogP contribution >= 0.6 is 15.9 Å². The Bertz CT molecular complexity index is 754. The highest BCUT2D eigenvalue weighted by Gasteiger charge is 2.21. The van der Waals surface area contributed by atoms with E-state index in [-0.39, 0.29) is 16.3 Å². The number of aromatic nitrogens is 2. The van der Waals surface area contributed by atoms with Crippen LogP contribution in [0.2, 0.25) is 0 Å². The maximum absolute atomic E-state index is 12.6. The minimum absolute atomic E-state index is 0.0975. The van der Waals surface area contributed by atoms with E-state index in [0.29, 0.717) is 12.2 Å². The summed E-state index contributed by atoms with van der Waals surface area (Å²) in [5.74, 6) is -0.0975. The average molecular weight is 372 g/mol. The molecule has 0 aliphatic carbocycles. The van der Waals surface area contributed by atoms with Gasteiger partial charge in [0.25, 0.3) is 0 Å². The first-order chi connectivity index (χ1) is 9.87. The minimum Gasteiger partial charge on any atom is -0.398 e. The standard InChI is InChI=1S/C14H18BrN3O2S/c1-3-11-8-12(18(4-2)17-11)9-21(19,20)14-6-5-10(15)7-13(14)16/h5-8H,3-4,9,16H2,1-2H3. The smallest absolute Gasteiger partial charge is 0.186 e. The minimum atomic E-state index is -3.49. The highest BCUT2D eigenvalue weighted by molar-refractivity contribution is 9.10. The van der Waals surface area contributed by atoms with E-state index >= 15 is 0 Å². The van der Waals surface area contributed by atoms with Gasteiger partial charge >= 0.3 is 0 Å². The van der Waals surface area contributed by atoms with Crippen LogP contribution in [0.3, 0.4) is 0 Å². The third-order valence-corrected chi connectivity index (χ3v) is 5.43. The Morgan fingerprint density at radius 1 is 1.29 bits per heavy atom. The molecule has 0 saturated heterocycles. The van der Waals surface area contributed by atoms with Crippen molar-refractivity contribution in [3.8, 4) is 0 Å². The molecule has 7 heteroatoms. The Morgan fingerprint density at radius 2 is 2.00 bits per heavy atom. The molecular weight excluding hydrogens is 354 g/mol. The topological polar surface area (TPSA) is 78.0 Å². The third kappa shape index (κ3) is 3.47. The normalized spacial score (nSPS) is 11.8. The Labute approximate surface area is 133 Å². The van der Waals surface area contributed by atoms with E-state index in [2.05, 4.69) is 21.0 Å². The highest BCUT2D eigenvalue weighted by Crippen LogP contribution is 2.26. The van der Waals surface area contributed by atoms with E-state index in [1.807, 2.05) is 19.9 Å². The quantitative estimate of drug-likeness (QED) is 0.819. The van der Waals surface area contributed by atoms with Gasteiger partial charge in [0.15, 0.2) is 9.84 Å². The molecule has 2 rings (SSSR count). The summed E-state index contributed by atoms with van der Waals surface area (Å²) in [6.45, 7) is 4.57. The number of nitrogens with zero attached hydrogens (tertiary/aromatic N) is 2. The van der Waals surface area contributed by atoms with Crippen molar-refractivity contribution in [2.24, 2.45) is 0 Å². The molecule has 0 spiro atoms. The molecule has 0 bridgehead atoms. The molecule has 0 fully saturated rings. The van der Waals surface area contributed by atoms with Crippen molar-refractivity contribution in [3.05, 3.63) is 40.1 Å². The monoisotopic (exact) mass is 371 g/mol. The van der Waals surface area contributed by atoms with E-state index in [4.69, 9.17) is 5.73 Å². The van der Waals surface area contributed by atoms with Gasteiger partial charge in [-0.05, 0) is 37.6 Å². The molecule has 0 saturated carbocycles.